The lowest BCUT2D eigenvalue weighted by Crippen LogP contribution is -2.09. The quantitative estimate of drug-likeness (QED) is 0.662. The van der Waals surface area contributed by atoms with Crippen LogP contribution in [0.25, 0.3) is 11.4 Å². The third kappa shape index (κ3) is 2.85. The Balaban J connectivity index is 2.61. The number of aromatic nitrogens is 2. The minimum Gasteiger partial charge on any atom is -0.465 e. The number of benzene rings is 1. The van der Waals surface area contributed by atoms with Crippen LogP contribution >= 0.6 is 35.4 Å². The number of carbonyl (C=O) groups excluding carboxylic acids is 1. The van der Waals surface area contributed by atoms with Gasteiger partial charge in [0.1, 0.15) is 16.0 Å². The third-order valence-electron chi connectivity index (χ3n) is 2.68. The van der Waals surface area contributed by atoms with Crippen LogP contribution in [-0.4, -0.2) is 23.0 Å². The molecule has 0 radical (unpaired) electrons. The first-order valence-corrected chi connectivity index (χ1v) is 6.75. The molecule has 0 aliphatic carbocycles. The molecule has 1 heterocycles. The van der Waals surface area contributed by atoms with Crippen molar-refractivity contribution >= 4 is 41.4 Å². The second kappa shape index (κ2) is 5.91. The molecule has 7 heteroatoms. The Morgan fingerprint density at radius 3 is 2.65 bits per heavy atom. The van der Waals surface area contributed by atoms with Crippen molar-refractivity contribution in [2.75, 3.05) is 7.11 Å². The van der Waals surface area contributed by atoms with Gasteiger partial charge >= 0.3 is 5.97 Å². The van der Waals surface area contributed by atoms with E-state index in [0.717, 1.165) is 0 Å². The molecule has 0 spiro atoms. The number of ether oxygens (including phenoxy) is 1. The zero-order valence-corrected chi connectivity index (χ0v) is 13.0. The van der Waals surface area contributed by atoms with Crippen LogP contribution < -0.4 is 0 Å². The van der Waals surface area contributed by atoms with Crippen LogP contribution in [-0.2, 0) is 4.74 Å². The molecular weight excluding hydrogens is 319 g/mol. The molecule has 20 heavy (non-hydrogen) atoms. The normalized spacial score (nSPS) is 10.4. The van der Waals surface area contributed by atoms with Gasteiger partial charge in [0.2, 0.25) is 0 Å². The Morgan fingerprint density at radius 1 is 1.40 bits per heavy atom. The number of nitrogens with one attached hydrogen (secondary N) is 1. The van der Waals surface area contributed by atoms with Gasteiger partial charge in [-0.3, -0.25) is 0 Å². The highest BCUT2D eigenvalue weighted by Crippen LogP contribution is 2.28. The predicted molar refractivity (Wildman–Crippen MR) is 81.0 cm³/mol. The van der Waals surface area contributed by atoms with Gasteiger partial charge in [0.25, 0.3) is 0 Å². The van der Waals surface area contributed by atoms with E-state index in [4.69, 9.17) is 35.4 Å². The first-order valence-electron chi connectivity index (χ1n) is 5.58. The van der Waals surface area contributed by atoms with Crippen LogP contribution in [0.15, 0.2) is 18.2 Å². The van der Waals surface area contributed by atoms with Gasteiger partial charge in [-0.15, -0.1) is 0 Å². The van der Waals surface area contributed by atoms with E-state index in [1.165, 1.54) is 7.11 Å². The Bertz CT molecular complexity index is 744. The van der Waals surface area contributed by atoms with Crippen molar-refractivity contribution < 1.29 is 9.53 Å². The smallest absolute Gasteiger partial charge is 0.342 e. The van der Waals surface area contributed by atoms with E-state index < -0.39 is 5.97 Å². The molecule has 2 rings (SSSR count). The molecule has 0 saturated carbocycles. The number of esters is 1. The topological polar surface area (TPSA) is 55.0 Å². The highest BCUT2D eigenvalue weighted by atomic mass is 35.5. The van der Waals surface area contributed by atoms with Crippen molar-refractivity contribution in [3.05, 3.63) is 44.1 Å². The zero-order valence-electron chi connectivity index (χ0n) is 10.7. The van der Waals surface area contributed by atoms with Gasteiger partial charge in [0, 0.05) is 16.3 Å². The third-order valence-corrected chi connectivity index (χ3v) is 3.53. The Morgan fingerprint density at radius 2 is 2.10 bits per heavy atom. The van der Waals surface area contributed by atoms with Crippen molar-refractivity contribution in [3.8, 4) is 11.4 Å². The Labute approximate surface area is 130 Å². The fourth-order valence-electron chi connectivity index (χ4n) is 1.74. The van der Waals surface area contributed by atoms with E-state index in [9.17, 15) is 4.79 Å². The molecule has 1 N–H and O–H groups in total. The fraction of sp³-hybridized carbons (Fsp3) is 0.154. The van der Waals surface area contributed by atoms with E-state index in [1.54, 1.807) is 25.1 Å². The highest BCUT2D eigenvalue weighted by molar-refractivity contribution is 7.71. The first kappa shape index (κ1) is 15.0. The van der Waals surface area contributed by atoms with Crippen molar-refractivity contribution in [2.24, 2.45) is 0 Å². The van der Waals surface area contributed by atoms with Gasteiger partial charge in [-0.1, -0.05) is 35.4 Å². The maximum atomic E-state index is 11.6. The van der Waals surface area contributed by atoms with Crippen molar-refractivity contribution in [2.45, 2.75) is 6.92 Å². The van der Waals surface area contributed by atoms with E-state index in [0.29, 0.717) is 27.1 Å². The lowest BCUT2D eigenvalue weighted by Gasteiger charge is -2.09. The minimum absolute atomic E-state index is 0.161. The lowest BCUT2D eigenvalue weighted by atomic mass is 10.2. The number of aryl methyl sites for hydroxylation is 1. The summed E-state index contributed by atoms with van der Waals surface area (Å²) in [6, 6.07) is 5.04. The molecule has 0 saturated heterocycles. The van der Waals surface area contributed by atoms with E-state index in [1.807, 2.05) is 0 Å². The van der Waals surface area contributed by atoms with Crippen LogP contribution in [0.3, 0.4) is 0 Å². The average Bonchev–Trinajstić information content (AvgIpc) is 2.37. The molecule has 0 amide bonds. The summed E-state index contributed by atoms with van der Waals surface area (Å²) in [6.07, 6.45) is 0. The number of H-pyrrole nitrogens is 1. The molecule has 0 aliphatic rings. The first-order chi connectivity index (χ1) is 9.43. The number of hydrogen-bond donors (Lipinski definition) is 1. The van der Waals surface area contributed by atoms with E-state index in [2.05, 4.69) is 14.7 Å². The number of aromatic amines is 1. The standard InChI is InChI=1S/C13H10Cl2N2O2S/c1-6-10(13(18)19-2)12(20)17-11(16-6)8-4-3-7(14)5-9(8)15/h3-5H,1-2H3,(H,16,17,20). The lowest BCUT2D eigenvalue weighted by molar-refractivity contribution is 0.0598. The minimum atomic E-state index is -0.523. The molecule has 2 aromatic rings. The summed E-state index contributed by atoms with van der Waals surface area (Å²) in [5, 5.41) is 0.973. The fourth-order valence-corrected chi connectivity index (χ4v) is 2.56. The van der Waals surface area contributed by atoms with Gasteiger partial charge < -0.3 is 9.72 Å². The summed E-state index contributed by atoms with van der Waals surface area (Å²) in [6.45, 7) is 1.72. The molecule has 4 nitrogen and oxygen atoms in total. The van der Waals surface area contributed by atoms with Gasteiger partial charge in [-0.25, -0.2) is 9.78 Å². The zero-order chi connectivity index (χ0) is 14.9. The summed E-state index contributed by atoms with van der Waals surface area (Å²) in [5.41, 5.74) is 1.47. The SMILES string of the molecule is COC(=O)c1c(C)[nH]c(-c2ccc(Cl)cc2Cl)nc1=S. The molecule has 0 unspecified atom stereocenters. The summed E-state index contributed by atoms with van der Waals surface area (Å²) in [5.74, 6) is -0.0492. The molecule has 0 fully saturated rings. The number of halogens is 2. The summed E-state index contributed by atoms with van der Waals surface area (Å²) in [4.78, 5) is 18.8. The molecule has 0 bridgehead atoms. The summed E-state index contributed by atoms with van der Waals surface area (Å²) >= 11 is 17.1. The maximum absolute atomic E-state index is 11.6. The monoisotopic (exact) mass is 328 g/mol. The highest BCUT2D eigenvalue weighted by Gasteiger charge is 2.16. The number of hydrogen-bond acceptors (Lipinski definition) is 4. The number of rotatable bonds is 2. The van der Waals surface area contributed by atoms with Crippen LogP contribution in [0.4, 0.5) is 0 Å². The Kier molecular flexibility index (Phi) is 4.42. The van der Waals surface area contributed by atoms with Crippen molar-refractivity contribution in [1.29, 1.82) is 0 Å². The van der Waals surface area contributed by atoms with Gasteiger partial charge in [-0.05, 0) is 25.1 Å². The predicted octanol–water partition coefficient (Wildman–Crippen LogP) is 4.21. The van der Waals surface area contributed by atoms with Crippen molar-refractivity contribution in [1.82, 2.24) is 9.97 Å². The number of nitrogens with zero attached hydrogens (tertiary/aromatic N) is 1. The van der Waals surface area contributed by atoms with Crippen LogP contribution in [0, 0.1) is 11.6 Å². The van der Waals surface area contributed by atoms with Gasteiger partial charge in [0.15, 0.2) is 0 Å². The molecule has 104 valence electrons. The maximum Gasteiger partial charge on any atom is 0.342 e. The van der Waals surface area contributed by atoms with E-state index >= 15 is 0 Å². The number of methoxy groups -OCH3 is 1. The van der Waals surface area contributed by atoms with Crippen LogP contribution in [0.1, 0.15) is 16.1 Å². The van der Waals surface area contributed by atoms with Crippen LogP contribution in [0.2, 0.25) is 10.0 Å². The molecule has 0 aliphatic heterocycles. The van der Waals surface area contributed by atoms with E-state index in [-0.39, 0.29) is 10.2 Å². The largest absolute Gasteiger partial charge is 0.465 e. The van der Waals surface area contributed by atoms with Crippen LogP contribution in [0.5, 0.6) is 0 Å². The molecule has 0 atom stereocenters. The number of carbonyl (C=O) groups is 1. The Hall–Kier alpha value is -1.43. The molecular formula is C13H10Cl2N2O2S. The molecule has 1 aromatic heterocycles. The average molecular weight is 329 g/mol. The van der Waals surface area contributed by atoms with Gasteiger partial charge in [-0.2, -0.15) is 0 Å². The second-order valence-corrected chi connectivity index (χ2v) is 5.24. The summed E-state index contributed by atoms with van der Waals surface area (Å²) < 4.78 is 4.84. The molecule has 1 aromatic carbocycles. The van der Waals surface area contributed by atoms with Crippen molar-refractivity contribution in [3.63, 3.8) is 0 Å². The van der Waals surface area contributed by atoms with Gasteiger partial charge in [0.05, 0.1) is 12.1 Å². The summed E-state index contributed by atoms with van der Waals surface area (Å²) in [7, 11) is 1.29. The second-order valence-electron chi connectivity index (χ2n) is 4.01.